The zero-order valence-electron chi connectivity index (χ0n) is 14.1. The summed E-state index contributed by atoms with van der Waals surface area (Å²) in [5, 5.41) is 7.07. The molecule has 7 heteroatoms. The van der Waals surface area contributed by atoms with Crippen molar-refractivity contribution in [1.82, 2.24) is 25.3 Å². The van der Waals surface area contributed by atoms with Gasteiger partial charge in [0, 0.05) is 51.2 Å². The number of piperazine rings is 1. The fourth-order valence-corrected chi connectivity index (χ4v) is 2.84. The summed E-state index contributed by atoms with van der Waals surface area (Å²) < 4.78 is 5.10. The molecule has 2 aromatic rings. The van der Waals surface area contributed by atoms with Gasteiger partial charge in [-0.25, -0.2) is 4.79 Å². The lowest BCUT2D eigenvalue weighted by Gasteiger charge is -2.34. The Labute approximate surface area is 141 Å². The molecule has 2 amide bonds. The van der Waals surface area contributed by atoms with Gasteiger partial charge in [0.2, 0.25) is 0 Å². The molecule has 0 bridgehead atoms. The van der Waals surface area contributed by atoms with Gasteiger partial charge in [0.05, 0.1) is 11.7 Å². The molecule has 0 unspecified atom stereocenters. The van der Waals surface area contributed by atoms with E-state index in [2.05, 4.69) is 20.4 Å². The van der Waals surface area contributed by atoms with Crippen molar-refractivity contribution in [3.63, 3.8) is 0 Å². The van der Waals surface area contributed by atoms with Crippen LogP contribution in [0.2, 0.25) is 0 Å². The van der Waals surface area contributed by atoms with E-state index in [1.165, 1.54) is 0 Å². The summed E-state index contributed by atoms with van der Waals surface area (Å²) in [6, 6.07) is 5.74. The van der Waals surface area contributed by atoms with E-state index >= 15 is 0 Å². The molecule has 0 saturated carbocycles. The Bertz CT molecular complexity index is 665. The molecule has 1 fully saturated rings. The molecule has 128 valence electrons. The van der Waals surface area contributed by atoms with Crippen LogP contribution in [0.15, 0.2) is 35.1 Å². The largest absolute Gasteiger partial charge is 0.361 e. The van der Waals surface area contributed by atoms with Gasteiger partial charge < -0.3 is 14.7 Å². The van der Waals surface area contributed by atoms with Crippen molar-refractivity contribution in [1.29, 1.82) is 0 Å². The lowest BCUT2D eigenvalue weighted by molar-refractivity contribution is 0.132. The second kappa shape index (κ2) is 7.44. The molecule has 0 radical (unpaired) electrons. The summed E-state index contributed by atoms with van der Waals surface area (Å²) in [6.07, 6.45) is 3.48. The Morgan fingerprint density at radius 2 is 2.00 bits per heavy atom. The van der Waals surface area contributed by atoms with Crippen LogP contribution in [0.4, 0.5) is 4.79 Å². The van der Waals surface area contributed by atoms with Crippen LogP contribution in [0.3, 0.4) is 0 Å². The third kappa shape index (κ3) is 4.11. The van der Waals surface area contributed by atoms with Gasteiger partial charge in [-0.3, -0.25) is 9.88 Å². The van der Waals surface area contributed by atoms with Crippen molar-refractivity contribution in [3.05, 3.63) is 47.6 Å². The lowest BCUT2D eigenvalue weighted by Crippen LogP contribution is -2.51. The number of carbonyl (C=O) groups excluding carboxylic acids is 1. The highest BCUT2D eigenvalue weighted by Crippen LogP contribution is 2.13. The first-order valence-corrected chi connectivity index (χ1v) is 8.22. The fourth-order valence-electron chi connectivity index (χ4n) is 2.84. The fraction of sp³-hybridized carbons (Fsp3) is 0.471. The van der Waals surface area contributed by atoms with E-state index in [1.54, 1.807) is 12.4 Å². The number of nitrogens with one attached hydrogen (secondary N) is 1. The van der Waals surface area contributed by atoms with Crippen LogP contribution in [0.25, 0.3) is 0 Å². The molecular weight excluding hydrogens is 306 g/mol. The quantitative estimate of drug-likeness (QED) is 0.928. The van der Waals surface area contributed by atoms with E-state index in [0.29, 0.717) is 13.1 Å². The smallest absolute Gasteiger partial charge is 0.317 e. The summed E-state index contributed by atoms with van der Waals surface area (Å²) in [4.78, 5) is 20.6. The third-order valence-corrected chi connectivity index (χ3v) is 4.27. The molecular formula is C17H23N5O2. The van der Waals surface area contributed by atoms with E-state index in [-0.39, 0.29) is 12.1 Å². The molecule has 2 aromatic heterocycles. The number of aryl methyl sites for hydroxylation is 1. The number of aromatic nitrogens is 2. The van der Waals surface area contributed by atoms with E-state index in [0.717, 1.165) is 36.7 Å². The topological polar surface area (TPSA) is 74.5 Å². The SMILES string of the molecule is Cc1cc(CN2CCN(C(=O)N[C@@H](C)c3ccncc3)CC2)no1. The molecule has 24 heavy (non-hydrogen) atoms. The van der Waals surface area contributed by atoms with Crippen LogP contribution in [0, 0.1) is 6.92 Å². The number of rotatable bonds is 4. The Kier molecular flexibility index (Phi) is 5.10. The third-order valence-electron chi connectivity index (χ3n) is 4.27. The second-order valence-corrected chi connectivity index (χ2v) is 6.14. The van der Waals surface area contributed by atoms with Crippen molar-refractivity contribution in [2.75, 3.05) is 26.2 Å². The molecule has 1 aliphatic rings. The summed E-state index contributed by atoms with van der Waals surface area (Å²) in [5.74, 6) is 0.827. The number of hydrogen-bond acceptors (Lipinski definition) is 5. The molecule has 7 nitrogen and oxygen atoms in total. The molecule has 1 aliphatic heterocycles. The van der Waals surface area contributed by atoms with Gasteiger partial charge in [0.25, 0.3) is 0 Å². The minimum absolute atomic E-state index is 0.0174. The standard InChI is InChI=1S/C17H23N5O2/c1-13-11-16(20-24-13)12-21-7-9-22(10-8-21)17(23)19-14(2)15-3-5-18-6-4-15/h3-6,11,14H,7-10,12H2,1-2H3,(H,19,23)/t14-/m0/s1. The first kappa shape index (κ1) is 16.4. The van der Waals surface area contributed by atoms with Crippen molar-refractivity contribution in [2.45, 2.75) is 26.4 Å². The van der Waals surface area contributed by atoms with Gasteiger partial charge in [-0.05, 0) is 31.5 Å². The average Bonchev–Trinajstić information content (AvgIpc) is 3.01. The average molecular weight is 329 g/mol. The zero-order valence-corrected chi connectivity index (χ0v) is 14.1. The zero-order chi connectivity index (χ0) is 16.9. The van der Waals surface area contributed by atoms with E-state index in [9.17, 15) is 4.79 Å². The van der Waals surface area contributed by atoms with Gasteiger partial charge >= 0.3 is 6.03 Å². The van der Waals surface area contributed by atoms with Gasteiger partial charge in [0.15, 0.2) is 0 Å². The van der Waals surface area contributed by atoms with Crippen LogP contribution in [-0.4, -0.2) is 52.2 Å². The Morgan fingerprint density at radius 1 is 1.29 bits per heavy atom. The number of hydrogen-bond donors (Lipinski definition) is 1. The number of urea groups is 1. The summed E-state index contributed by atoms with van der Waals surface area (Å²) in [6.45, 7) is 7.74. The van der Waals surface area contributed by atoms with Crippen molar-refractivity contribution in [2.24, 2.45) is 0 Å². The minimum atomic E-state index is -0.0309. The maximum Gasteiger partial charge on any atom is 0.317 e. The minimum Gasteiger partial charge on any atom is -0.361 e. The first-order chi connectivity index (χ1) is 11.6. The normalized spacial score (nSPS) is 16.8. The summed E-state index contributed by atoms with van der Waals surface area (Å²) >= 11 is 0. The lowest BCUT2D eigenvalue weighted by atomic mass is 10.1. The highest BCUT2D eigenvalue weighted by atomic mass is 16.5. The molecule has 3 rings (SSSR count). The highest BCUT2D eigenvalue weighted by Gasteiger charge is 2.22. The number of nitrogens with zero attached hydrogens (tertiary/aromatic N) is 4. The van der Waals surface area contributed by atoms with Crippen LogP contribution in [-0.2, 0) is 6.54 Å². The Morgan fingerprint density at radius 3 is 2.62 bits per heavy atom. The van der Waals surface area contributed by atoms with Crippen molar-refractivity contribution < 1.29 is 9.32 Å². The molecule has 1 saturated heterocycles. The van der Waals surface area contributed by atoms with Gasteiger partial charge in [-0.2, -0.15) is 0 Å². The number of amides is 2. The number of pyridine rings is 1. The van der Waals surface area contributed by atoms with Gasteiger partial charge in [-0.1, -0.05) is 5.16 Å². The molecule has 1 N–H and O–H groups in total. The predicted octanol–water partition coefficient (Wildman–Crippen LogP) is 1.97. The predicted molar refractivity (Wildman–Crippen MR) is 89.3 cm³/mol. The van der Waals surface area contributed by atoms with E-state index in [4.69, 9.17) is 4.52 Å². The Balaban J connectivity index is 1.46. The van der Waals surface area contributed by atoms with Gasteiger partial charge in [-0.15, -0.1) is 0 Å². The second-order valence-electron chi connectivity index (χ2n) is 6.14. The van der Waals surface area contributed by atoms with E-state index < -0.39 is 0 Å². The molecule has 3 heterocycles. The van der Waals surface area contributed by atoms with Gasteiger partial charge in [0.1, 0.15) is 5.76 Å². The maximum atomic E-state index is 12.4. The summed E-state index contributed by atoms with van der Waals surface area (Å²) in [5.41, 5.74) is 2.00. The van der Waals surface area contributed by atoms with Crippen molar-refractivity contribution in [3.8, 4) is 0 Å². The van der Waals surface area contributed by atoms with Crippen LogP contribution >= 0.6 is 0 Å². The maximum absolute atomic E-state index is 12.4. The van der Waals surface area contributed by atoms with Crippen LogP contribution in [0.5, 0.6) is 0 Å². The molecule has 1 atom stereocenters. The van der Waals surface area contributed by atoms with Crippen LogP contribution in [0.1, 0.15) is 30.0 Å². The van der Waals surface area contributed by atoms with Crippen molar-refractivity contribution >= 4 is 6.03 Å². The first-order valence-electron chi connectivity index (χ1n) is 8.22. The van der Waals surface area contributed by atoms with E-state index in [1.807, 2.05) is 36.9 Å². The summed E-state index contributed by atoms with van der Waals surface area (Å²) in [7, 11) is 0. The van der Waals surface area contributed by atoms with Crippen LogP contribution < -0.4 is 5.32 Å². The highest BCUT2D eigenvalue weighted by molar-refractivity contribution is 5.74. The Hall–Kier alpha value is -2.41. The molecule has 0 aliphatic carbocycles. The molecule has 0 spiro atoms. The monoisotopic (exact) mass is 329 g/mol. The number of carbonyl (C=O) groups is 1. The molecule has 0 aromatic carbocycles.